The molecule has 0 bridgehead atoms. The Kier molecular flexibility index (Phi) is 4.02. The summed E-state index contributed by atoms with van der Waals surface area (Å²) in [5.41, 5.74) is 8.86. The van der Waals surface area contributed by atoms with E-state index in [4.69, 9.17) is 15.2 Å². The van der Waals surface area contributed by atoms with Gasteiger partial charge in [0.15, 0.2) is 0 Å². The van der Waals surface area contributed by atoms with E-state index >= 15 is 0 Å². The quantitative estimate of drug-likeness (QED) is 0.916. The van der Waals surface area contributed by atoms with Crippen LogP contribution in [0.25, 0.3) is 0 Å². The predicted molar refractivity (Wildman–Crippen MR) is 74.7 cm³/mol. The Morgan fingerprint density at radius 2 is 1.84 bits per heavy atom. The van der Waals surface area contributed by atoms with Crippen LogP contribution in [0.15, 0.2) is 30.5 Å². The lowest BCUT2D eigenvalue weighted by atomic mass is 10.1. The smallest absolute Gasteiger partial charge is 0.219 e. The molecule has 0 aliphatic carbocycles. The molecule has 0 radical (unpaired) electrons. The number of nitrogens with zero attached hydrogens (tertiary/aromatic N) is 1. The predicted octanol–water partition coefficient (Wildman–Crippen LogP) is 2.96. The zero-order valence-corrected chi connectivity index (χ0v) is 11.4. The zero-order valence-electron chi connectivity index (χ0n) is 11.4. The van der Waals surface area contributed by atoms with E-state index in [1.54, 1.807) is 19.4 Å². The van der Waals surface area contributed by atoms with Crippen molar-refractivity contribution in [3.05, 3.63) is 47.2 Å². The number of rotatable bonds is 4. The summed E-state index contributed by atoms with van der Waals surface area (Å²) < 4.78 is 10.9. The van der Waals surface area contributed by atoms with E-state index in [0.717, 1.165) is 22.4 Å². The van der Waals surface area contributed by atoms with Gasteiger partial charge in [-0.2, -0.15) is 0 Å². The highest BCUT2D eigenvalue weighted by Gasteiger charge is 2.08. The van der Waals surface area contributed by atoms with Crippen LogP contribution in [0.4, 0.5) is 0 Å². The Balaban J connectivity index is 2.27. The molecule has 0 atom stereocenters. The van der Waals surface area contributed by atoms with Gasteiger partial charge in [0, 0.05) is 12.6 Å². The van der Waals surface area contributed by atoms with Crippen molar-refractivity contribution in [1.82, 2.24) is 4.98 Å². The van der Waals surface area contributed by atoms with Gasteiger partial charge >= 0.3 is 0 Å². The number of ether oxygens (including phenoxy) is 2. The fourth-order valence-electron chi connectivity index (χ4n) is 1.97. The number of aryl methyl sites for hydroxylation is 2. The molecule has 0 amide bonds. The summed E-state index contributed by atoms with van der Waals surface area (Å²) in [6.45, 7) is 4.54. The maximum absolute atomic E-state index is 5.83. The van der Waals surface area contributed by atoms with E-state index in [2.05, 4.69) is 4.98 Å². The van der Waals surface area contributed by atoms with Gasteiger partial charge in [-0.05, 0) is 36.6 Å². The highest BCUT2D eigenvalue weighted by Crippen LogP contribution is 2.29. The van der Waals surface area contributed by atoms with Gasteiger partial charge in [-0.1, -0.05) is 12.1 Å². The third-order valence-electron chi connectivity index (χ3n) is 2.91. The standard InChI is InChI=1S/C15H18N2O2/c1-10-6-12(8-16)7-11(2)15(10)19-14-5-4-13(18-3)9-17-14/h4-7,9H,8,16H2,1-3H3. The summed E-state index contributed by atoms with van der Waals surface area (Å²) in [6, 6.07) is 7.67. The molecule has 100 valence electrons. The highest BCUT2D eigenvalue weighted by molar-refractivity contribution is 5.45. The SMILES string of the molecule is COc1ccc(Oc2c(C)cc(CN)cc2C)nc1. The van der Waals surface area contributed by atoms with Crippen LogP contribution in [-0.2, 0) is 6.54 Å². The molecular weight excluding hydrogens is 240 g/mol. The second-order valence-corrected chi connectivity index (χ2v) is 4.40. The van der Waals surface area contributed by atoms with Gasteiger partial charge in [0.2, 0.25) is 5.88 Å². The van der Waals surface area contributed by atoms with Crippen LogP contribution < -0.4 is 15.2 Å². The van der Waals surface area contributed by atoms with E-state index in [9.17, 15) is 0 Å². The highest BCUT2D eigenvalue weighted by atomic mass is 16.5. The van der Waals surface area contributed by atoms with Gasteiger partial charge in [0.1, 0.15) is 11.5 Å². The van der Waals surface area contributed by atoms with Crippen molar-refractivity contribution >= 4 is 0 Å². The summed E-state index contributed by atoms with van der Waals surface area (Å²) in [5, 5.41) is 0. The van der Waals surface area contributed by atoms with E-state index in [-0.39, 0.29) is 0 Å². The molecule has 1 aromatic carbocycles. The molecule has 19 heavy (non-hydrogen) atoms. The molecule has 1 heterocycles. The summed E-state index contributed by atoms with van der Waals surface area (Å²) in [6.07, 6.45) is 1.63. The number of methoxy groups -OCH3 is 1. The average molecular weight is 258 g/mol. The van der Waals surface area contributed by atoms with Crippen molar-refractivity contribution in [3.63, 3.8) is 0 Å². The summed E-state index contributed by atoms with van der Waals surface area (Å²) >= 11 is 0. The number of pyridine rings is 1. The lowest BCUT2D eigenvalue weighted by Gasteiger charge is -2.12. The van der Waals surface area contributed by atoms with Crippen LogP contribution in [0.3, 0.4) is 0 Å². The summed E-state index contributed by atoms with van der Waals surface area (Å²) in [4.78, 5) is 4.20. The molecule has 4 heteroatoms. The molecule has 4 nitrogen and oxygen atoms in total. The Hall–Kier alpha value is -2.07. The van der Waals surface area contributed by atoms with Gasteiger partial charge in [0.25, 0.3) is 0 Å². The molecule has 0 fully saturated rings. The molecular formula is C15H18N2O2. The second-order valence-electron chi connectivity index (χ2n) is 4.40. The topological polar surface area (TPSA) is 57.4 Å². The molecule has 2 rings (SSSR count). The van der Waals surface area contributed by atoms with Crippen LogP contribution >= 0.6 is 0 Å². The molecule has 0 unspecified atom stereocenters. The molecule has 1 aromatic heterocycles. The van der Waals surface area contributed by atoms with Crippen molar-refractivity contribution in [2.75, 3.05) is 7.11 Å². The third-order valence-corrected chi connectivity index (χ3v) is 2.91. The van der Waals surface area contributed by atoms with Crippen molar-refractivity contribution in [1.29, 1.82) is 0 Å². The minimum atomic E-state index is 0.531. The van der Waals surface area contributed by atoms with E-state index < -0.39 is 0 Å². The largest absolute Gasteiger partial charge is 0.495 e. The van der Waals surface area contributed by atoms with E-state index in [1.165, 1.54) is 0 Å². The Morgan fingerprint density at radius 1 is 1.16 bits per heavy atom. The molecule has 0 aliphatic heterocycles. The molecule has 0 spiro atoms. The van der Waals surface area contributed by atoms with Crippen LogP contribution in [0.1, 0.15) is 16.7 Å². The Labute approximate surface area is 113 Å². The van der Waals surface area contributed by atoms with E-state index in [0.29, 0.717) is 18.2 Å². The van der Waals surface area contributed by atoms with Crippen molar-refractivity contribution < 1.29 is 9.47 Å². The Morgan fingerprint density at radius 3 is 2.32 bits per heavy atom. The molecule has 0 saturated carbocycles. The van der Waals surface area contributed by atoms with Gasteiger partial charge < -0.3 is 15.2 Å². The summed E-state index contributed by atoms with van der Waals surface area (Å²) in [7, 11) is 1.61. The first kappa shape index (κ1) is 13.4. The maximum atomic E-state index is 5.83. The monoisotopic (exact) mass is 258 g/mol. The van der Waals surface area contributed by atoms with Crippen molar-refractivity contribution in [2.45, 2.75) is 20.4 Å². The lowest BCUT2D eigenvalue weighted by molar-refractivity contribution is 0.407. The van der Waals surface area contributed by atoms with Gasteiger partial charge in [-0.15, -0.1) is 0 Å². The fourth-order valence-corrected chi connectivity index (χ4v) is 1.97. The van der Waals surface area contributed by atoms with Gasteiger partial charge in [-0.3, -0.25) is 0 Å². The molecule has 0 aliphatic rings. The maximum Gasteiger partial charge on any atom is 0.219 e. The van der Waals surface area contributed by atoms with Crippen LogP contribution in [0.5, 0.6) is 17.4 Å². The first-order chi connectivity index (χ1) is 9.13. The zero-order chi connectivity index (χ0) is 13.8. The number of hydrogen-bond donors (Lipinski definition) is 1. The first-order valence-electron chi connectivity index (χ1n) is 6.12. The lowest BCUT2D eigenvalue weighted by Crippen LogP contribution is -2.00. The van der Waals surface area contributed by atoms with E-state index in [1.807, 2.05) is 32.0 Å². The van der Waals surface area contributed by atoms with Crippen molar-refractivity contribution in [3.8, 4) is 17.4 Å². The third kappa shape index (κ3) is 3.03. The minimum Gasteiger partial charge on any atom is -0.495 e. The molecule has 2 N–H and O–H groups in total. The number of benzene rings is 1. The summed E-state index contributed by atoms with van der Waals surface area (Å²) in [5.74, 6) is 2.08. The van der Waals surface area contributed by atoms with Crippen molar-refractivity contribution in [2.24, 2.45) is 5.73 Å². The normalized spacial score (nSPS) is 10.3. The minimum absolute atomic E-state index is 0.531. The van der Waals surface area contributed by atoms with Gasteiger partial charge in [0.05, 0.1) is 13.3 Å². The number of nitrogens with two attached hydrogens (primary N) is 1. The number of aromatic nitrogens is 1. The molecule has 2 aromatic rings. The van der Waals surface area contributed by atoms with Gasteiger partial charge in [-0.25, -0.2) is 4.98 Å². The fraction of sp³-hybridized carbons (Fsp3) is 0.267. The second kappa shape index (κ2) is 5.71. The average Bonchev–Trinajstić information content (AvgIpc) is 2.43. The molecule has 0 saturated heterocycles. The first-order valence-corrected chi connectivity index (χ1v) is 6.12. The van der Waals surface area contributed by atoms with Crippen LogP contribution in [0.2, 0.25) is 0 Å². The Bertz CT molecular complexity index is 542. The van der Waals surface area contributed by atoms with Crippen LogP contribution in [0, 0.1) is 13.8 Å². The number of hydrogen-bond acceptors (Lipinski definition) is 4. The van der Waals surface area contributed by atoms with Crippen LogP contribution in [-0.4, -0.2) is 12.1 Å².